The van der Waals surface area contributed by atoms with Crippen molar-refractivity contribution in [1.82, 2.24) is 4.57 Å². The maximum absolute atomic E-state index is 6.43. The summed E-state index contributed by atoms with van der Waals surface area (Å²) >= 11 is 3.74. The van der Waals surface area contributed by atoms with Gasteiger partial charge in [-0.1, -0.05) is 109 Å². The quantitative estimate of drug-likeness (QED) is 0.180. The molecule has 4 heteroatoms. The van der Waals surface area contributed by atoms with E-state index >= 15 is 0 Å². The number of nitrogens with zero attached hydrogens (tertiary/aromatic N) is 1. The van der Waals surface area contributed by atoms with Gasteiger partial charge in [-0.05, 0) is 71.3 Å². The maximum Gasteiger partial charge on any atom is 0.143 e. The SMILES string of the molecule is c1ccc2c(c1)oc1c(-c3ccc4c(c3)sc3cccc(-n5c6ccccc6c6cc(-c7ccc8c(c7)sc7ccccc78)ccc65)c34)cccc12. The van der Waals surface area contributed by atoms with Crippen LogP contribution >= 0.6 is 22.7 Å². The Labute approximate surface area is 306 Å². The lowest BCUT2D eigenvalue weighted by atomic mass is 10.0. The van der Waals surface area contributed by atoms with Gasteiger partial charge in [0.2, 0.25) is 0 Å². The predicted octanol–water partition coefficient (Wildman–Crippen LogP) is 14.8. The molecular weight excluding hydrogens is 671 g/mol. The number of para-hydroxylation sites is 3. The van der Waals surface area contributed by atoms with Gasteiger partial charge in [-0.25, -0.2) is 0 Å². The van der Waals surface area contributed by atoms with Crippen molar-refractivity contribution in [2.24, 2.45) is 0 Å². The smallest absolute Gasteiger partial charge is 0.143 e. The molecule has 0 aliphatic rings. The van der Waals surface area contributed by atoms with Crippen molar-refractivity contribution in [1.29, 1.82) is 0 Å². The van der Waals surface area contributed by atoms with Gasteiger partial charge in [0.25, 0.3) is 0 Å². The first-order valence-electron chi connectivity index (χ1n) is 17.6. The summed E-state index contributed by atoms with van der Waals surface area (Å²) in [6.07, 6.45) is 0. The van der Waals surface area contributed by atoms with Crippen LogP contribution in [0.3, 0.4) is 0 Å². The molecule has 0 aliphatic carbocycles. The standard InChI is InChI=1S/C48H27NOS2/c1-4-14-39-32(9-1)38-25-28(29-19-22-35-34-11-3-6-17-43(34)51-45(35)26-29)21-24-40(38)49(39)41-15-8-18-44-47(41)37-23-20-30(27-46(37)52-44)31-12-7-13-36-33-10-2-5-16-42(33)50-48(31)36/h1-27H. The Bertz CT molecular complexity index is 3430. The van der Waals surface area contributed by atoms with Crippen molar-refractivity contribution in [3.05, 3.63) is 164 Å². The lowest BCUT2D eigenvalue weighted by molar-refractivity contribution is 0.670. The number of aromatic nitrogens is 1. The summed E-state index contributed by atoms with van der Waals surface area (Å²) in [6, 6.07) is 60.0. The van der Waals surface area contributed by atoms with Crippen LogP contribution in [0.2, 0.25) is 0 Å². The van der Waals surface area contributed by atoms with E-state index in [2.05, 4.69) is 162 Å². The summed E-state index contributed by atoms with van der Waals surface area (Å²) in [6.45, 7) is 0. The Hall–Kier alpha value is -6.20. The van der Waals surface area contributed by atoms with Crippen molar-refractivity contribution >= 4 is 107 Å². The van der Waals surface area contributed by atoms with Gasteiger partial charge >= 0.3 is 0 Å². The largest absolute Gasteiger partial charge is 0.455 e. The molecule has 242 valence electrons. The summed E-state index contributed by atoms with van der Waals surface area (Å²) < 4.78 is 14.1. The number of benzene rings is 8. The van der Waals surface area contributed by atoms with Crippen LogP contribution < -0.4 is 0 Å². The zero-order valence-electron chi connectivity index (χ0n) is 27.8. The van der Waals surface area contributed by atoms with Crippen LogP contribution in [0.25, 0.3) is 112 Å². The molecule has 8 aromatic carbocycles. The Morgan fingerprint density at radius 3 is 1.98 bits per heavy atom. The van der Waals surface area contributed by atoms with Crippen molar-refractivity contribution in [3.63, 3.8) is 0 Å². The molecule has 4 heterocycles. The average molecular weight is 698 g/mol. The molecule has 0 saturated carbocycles. The molecule has 52 heavy (non-hydrogen) atoms. The van der Waals surface area contributed by atoms with Gasteiger partial charge in [-0.3, -0.25) is 0 Å². The molecule has 0 spiro atoms. The third-order valence-corrected chi connectivity index (χ3v) is 13.1. The van der Waals surface area contributed by atoms with E-state index in [0.717, 1.165) is 27.5 Å². The van der Waals surface area contributed by atoms with Crippen LogP contribution in [0.4, 0.5) is 0 Å². The molecular formula is C48H27NOS2. The van der Waals surface area contributed by atoms with Crippen LogP contribution in [-0.2, 0) is 0 Å². The van der Waals surface area contributed by atoms with Crippen molar-refractivity contribution in [2.45, 2.75) is 0 Å². The maximum atomic E-state index is 6.43. The fourth-order valence-corrected chi connectivity index (χ4v) is 10.8. The lowest BCUT2D eigenvalue weighted by Gasteiger charge is -2.11. The second-order valence-corrected chi connectivity index (χ2v) is 15.8. The van der Waals surface area contributed by atoms with Gasteiger partial charge < -0.3 is 8.98 Å². The monoisotopic (exact) mass is 697 g/mol. The van der Waals surface area contributed by atoms with Crippen molar-refractivity contribution in [2.75, 3.05) is 0 Å². The Morgan fingerprint density at radius 2 is 1.02 bits per heavy atom. The minimum absolute atomic E-state index is 0.924. The van der Waals surface area contributed by atoms with E-state index in [1.807, 2.05) is 28.7 Å². The summed E-state index contributed by atoms with van der Waals surface area (Å²) in [4.78, 5) is 0. The van der Waals surface area contributed by atoms with E-state index in [9.17, 15) is 0 Å². The summed E-state index contributed by atoms with van der Waals surface area (Å²) in [7, 11) is 0. The molecule has 0 N–H and O–H groups in total. The van der Waals surface area contributed by atoms with Gasteiger partial charge in [0.05, 0.1) is 16.7 Å². The molecule has 0 radical (unpaired) electrons. The van der Waals surface area contributed by atoms with Gasteiger partial charge in [0.1, 0.15) is 11.2 Å². The summed E-state index contributed by atoms with van der Waals surface area (Å²) in [5, 5.41) is 10.1. The zero-order chi connectivity index (χ0) is 33.9. The fourth-order valence-electron chi connectivity index (χ4n) is 8.45. The van der Waals surface area contributed by atoms with Crippen LogP contribution in [0.5, 0.6) is 0 Å². The minimum atomic E-state index is 0.924. The van der Waals surface area contributed by atoms with Gasteiger partial charge in [0.15, 0.2) is 0 Å². The first-order chi connectivity index (χ1) is 25.8. The first kappa shape index (κ1) is 28.5. The van der Waals surface area contributed by atoms with E-state index in [1.54, 1.807) is 0 Å². The van der Waals surface area contributed by atoms with Gasteiger partial charge in [-0.15, -0.1) is 22.7 Å². The molecule has 0 atom stereocenters. The molecule has 0 amide bonds. The summed E-state index contributed by atoms with van der Waals surface area (Å²) in [5.41, 5.74) is 10.3. The van der Waals surface area contributed by atoms with E-state index in [0.29, 0.717) is 0 Å². The molecule has 2 nitrogen and oxygen atoms in total. The molecule has 12 aromatic rings. The van der Waals surface area contributed by atoms with Gasteiger partial charge in [0, 0.05) is 67.5 Å². The average Bonchev–Trinajstić information content (AvgIpc) is 3.95. The molecule has 0 fully saturated rings. The van der Waals surface area contributed by atoms with Crippen molar-refractivity contribution < 1.29 is 4.42 Å². The molecule has 0 bridgehead atoms. The van der Waals surface area contributed by atoms with Crippen LogP contribution in [-0.4, -0.2) is 4.57 Å². The molecule has 0 saturated heterocycles. The van der Waals surface area contributed by atoms with E-state index < -0.39 is 0 Å². The highest BCUT2D eigenvalue weighted by atomic mass is 32.1. The number of furan rings is 1. The number of rotatable bonds is 3. The van der Waals surface area contributed by atoms with E-state index in [1.165, 1.54) is 84.5 Å². The number of fused-ring (bicyclic) bond motifs is 12. The van der Waals surface area contributed by atoms with E-state index in [4.69, 9.17) is 4.42 Å². The Balaban J connectivity index is 1.04. The highest BCUT2D eigenvalue weighted by molar-refractivity contribution is 7.26. The Kier molecular flexibility index (Phi) is 5.84. The highest BCUT2D eigenvalue weighted by Gasteiger charge is 2.19. The molecule has 4 aromatic heterocycles. The number of hydrogen-bond donors (Lipinski definition) is 0. The Morgan fingerprint density at radius 1 is 0.385 bits per heavy atom. The first-order valence-corrected chi connectivity index (χ1v) is 19.2. The van der Waals surface area contributed by atoms with Crippen LogP contribution in [0.15, 0.2) is 168 Å². The zero-order valence-corrected chi connectivity index (χ0v) is 29.4. The third kappa shape index (κ3) is 3.99. The fraction of sp³-hybridized carbons (Fsp3) is 0. The van der Waals surface area contributed by atoms with Crippen molar-refractivity contribution in [3.8, 4) is 27.9 Å². The normalized spacial score (nSPS) is 12.2. The summed E-state index contributed by atoms with van der Waals surface area (Å²) in [5.74, 6) is 0. The molecule has 12 rings (SSSR count). The van der Waals surface area contributed by atoms with Gasteiger partial charge in [-0.2, -0.15) is 0 Å². The number of hydrogen-bond acceptors (Lipinski definition) is 3. The predicted molar refractivity (Wildman–Crippen MR) is 225 cm³/mol. The second kappa shape index (κ2) is 10.7. The topological polar surface area (TPSA) is 18.1 Å². The van der Waals surface area contributed by atoms with Crippen LogP contribution in [0, 0.1) is 0 Å². The van der Waals surface area contributed by atoms with E-state index in [-0.39, 0.29) is 0 Å². The molecule has 0 aliphatic heterocycles. The number of thiophene rings is 2. The third-order valence-electron chi connectivity index (χ3n) is 10.8. The minimum Gasteiger partial charge on any atom is -0.455 e. The van der Waals surface area contributed by atoms with Crippen LogP contribution in [0.1, 0.15) is 0 Å². The lowest BCUT2D eigenvalue weighted by Crippen LogP contribution is -1.94. The second-order valence-electron chi connectivity index (χ2n) is 13.6. The highest BCUT2D eigenvalue weighted by Crippen LogP contribution is 2.44. The molecule has 0 unspecified atom stereocenters.